The number of rotatable bonds is 6. The van der Waals surface area contributed by atoms with Gasteiger partial charge in [0, 0.05) is 24.6 Å². The molecule has 0 saturated carbocycles. The van der Waals surface area contributed by atoms with Gasteiger partial charge in [0.2, 0.25) is 15.9 Å². The van der Waals surface area contributed by atoms with Crippen LogP contribution in [-0.2, 0) is 14.8 Å². The van der Waals surface area contributed by atoms with Crippen LogP contribution >= 0.6 is 0 Å². The fraction of sp³-hybridized carbons (Fsp3) is 0.304. The van der Waals surface area contributed by atoms with Gasteiger partial charge in [-0.15, -0.1) is 0 Å². The van der Waals surface area contributed by atoms with Crippen LogP contribution < -0.4 is 10.6 Å². The number of nitrogens with zero attached hydrogens (tertiary/aromatic N) is 3. The van der Waals surface area contributed by atoms with E-state index in [1.807, 2.05) is 32.9 Å². The van der Waals surface area contributed by atoms with E-state index in [0.717, 1.165) is 9.87 Å². The molecule has 1 saturated heterocycles. The maximum atomic E-state index is 13.1. The van der Waals surface area contributed by atoms with Gasteiger partial charge in [0.1, 0.15) is 0 Å². The van der Waals surface area contributed by atoms with Crippen molar-refractivity contribution >= 4 is 27.5 Å². The second-order valence-corrected chi connectivity index (χ2v) is 10.2. The maximum Gasteiger partial charge on any atom is 0.260 e. The average molecular weight is 484 g/mol. The van der Waals surface area contributed by atoms with Crippen molar-refractivity contribution in [3.63, 3.8) is 0 Å². The van der Waals surface area contributed by atoms with Crippen molar-refractivity contribution in [3.05, 3.63) is 59.4 Å². The van der Waals surface area contributed by atoms with Crippen LogP contribution in [0, 0.1) is 6.92 Å². The zero-order valence-corrected chi connectivity index (χ0v) is 19.8. The Bertz CT molecular complexity index is 1350. The summed E-state index contributed by atoms with van der Waals surface area (Å²) >= 11 is 0. The second-order valence-electron chi connectivity index (χ2n) is 8.28. The van der Waals surface area contributed by atoms with Crippen molar-refractivity contribution in [2.75, 3.05) is 25.0 Å². The first kappa shape index (κ1) is 23.6. The minimum absolute atomic E-state index is 0.0571. The predicted octanol–water partition coefficient (Wildman–Crippen LogP) is 2.54. The lowest BCUT2D eigenvalue weighted by molar-refractivity contribution is -0.122. The van der Waals surface area contributed by atoms with Crippen molar-refractivity contribution < 1.29 is 22.5 Å². The number of benzene rings is 2. The molecule has 0 unspecified atom stereocenters. The molecule has 34 heavy (non-hydrogen) atoms. The van der Waals surface area contributed by atoms with Gasteiger partial charge in [-0.1, -0.05) is 37.2 Å². The largest absolute Gasteiger partial charge is 0.354 e. The number of hydrogen-bond donors (Lipinski definition) is 2. The Kier molecular flexibility index (Phi) is 6.49. The molecule has 2 N–H and O–H groups in total. The first-order chi connectivity index (χ1) is 16.2. The van der Waals surface area contributed by atoms with Crippen LogP contribution in [0.5, 0.6) is 0 Å². The lowest BCUT2D eigenvalue weighted by Crippen LogP contribution is -2.49. The van der Waals surface area contributed by atoms with E-state index in [-0.39, 0.29) is 47.8 Å². The Morgan fingerprint density at radius 3 is 2.68 bits per heavy atom. The molecule has 2 heterocycles. The Labute approximate surface area is 197 Å². The number of anilines is 1. The van der Waals surface area contributed by atoms with Crippen LogP contribution in [0.25, 0.3) is 11.5 Å². The molecule has 2 amide bonds. The Morgan fingerprint density at radius 1 is 1.21 bits per heavy atom. The molecule has 1 aliphatic heterocycles. The highest BCUT2D eigenvalue weighted by Gasteiger charge is 2.29. The molecule has 4 rings (SSSR count). The number of para-hydroxylation sites is 1. The summed E-state index contributed by atoms with van der Waals surface area (Å²) < 4.78 is 32.5. The number of sulfonamides is 1. The molecule has 0 atom stereocenters. The fourth-order valence-corrected chi connectivity index (χ4v) is 4.99. The molecule has 11 heteroatoms. The number of aryl methyl sites for hydroxylation is 1. The van der Waals surface area contributed by atoms with E-state index in [9.17, 15) is 18.0 Å². The topological polar surface area (TPSA) is 134 Å². The summed E-state index contributed by atoms with van der Waals surface area (Å²) in [4.78, 5) is 29.1. The third-order valence-corrected chi connectivity index (χ3v) is 7.28. The van der Waals surface area contributed by atoms with Crippen molar-refractivity contribution in [2.45, 2.75) is 31.6 Å². The summed E-state index contributed by atoms with van der Waals surface area (Å²) in [6, 6.07) is 11.2. The van der Waals surface area contributed by atoms with E-state index in [1.165, 1.54) is 24.3 Å². The summed E-state index contributed by atoms with van der Waals surface area (Å²) in [6.45, 7) is 5.88. The SMILES string of the molecule is Cc1cccc(-c2nc(C(C)C)no2)c1NC(=O)c1cccc(S(=O)(=O)N2CCNC(=O)C2)c1. The van der Waals surface area contributed by atoms with Crippen LogP contribution in [0.3, 0.4) is 0 Å². The van der Waals surface area contributed by atoms with Crippen LogP contribution in [0.2, 0.25) is 0 Å². The van der Waals surface area contributed by atoms with E-state index in [0.29, 0.717) is 17.1 Å². The molecule has 1 fully saturated rings. The number of hydrogen-bond acceptors (Lipinski definition) is 7. The zero-order valence-electron chi connectivity index (χ0n) is 19.0. The first-order valence-corrected chi connectivity index (χ1v) is 12.2. The van der Waals surface area contributed by atoms with E-state index < -0.39 is 15.9 Å². The molecule has 2 aromatic carbocycles. The van der Waals surface area contributed by atoms with Gasteiger partial charge in [-0.2, -0.15) is 9.29 Å². The van der Waals surface area contributed by atoms with Crippen LogP contribution in [0.4, 0.5) is 5.69 Å². The molecule has 1 aromatic heterocycles. The minimum atomic E-state index is -3.93. The summed E-state index contributed by atoms with van der Waals surface area (Å²) in [7, 11) is -3.93. The molecule has 0 bridgehead atoms. The normalized spacial score (nSPS) is 14.8. The number of carbonyl (C=O) groups excluding carboxylic acids is 2. The molecule has 0 radical (unpaired) electrons. The predicted molar refractivity (Wildman–Crippen MR) is 125 cm³/mol. The van der Waals surface area contributed by atoms with Crippen molar-refractivity contribution in [2.24, 2.45) is 0 Å². The highest BCUT2D eigenvalue weighted by atomic mass is 32.2. The molecule has 10 nitrogen and oxygen atoms in total. The van der Waals surface area contributed by atoms with Gasteiger partial charge in [-0.3, -0.25) is 9.59 Å². The lowest BCUT2D eigenvalue weighted by Gasteiger charge is -2.26. The van der Waals surface area contributed by atoms with Crippen molar-refractivity contribution in [1.82, 2.24) is 19.8 Å². The number of amides is 2. The van der Waals surface area contributed by atoms with Gasteiger partial charge in [0.15, 0.2) is 5.82 Å². The Morgan fingerprint density at radius 2 is 1.97 bits per heavy atom. The number of nitrogens with one attached hydrogen (secondary N) is 2. The summed E-state index contributed by atoms with van der Waals surface area (Å²) in [5, 5.41) is 9.45. The first-order valence-electron chi connectivity index (χ1n) is 10.8. The van der Waals surface area contributed by atoms with Gasteiger partial charge in [-0.05, 0) is 36.8 Å². The van der Waals surface area contributed by atoms with Gasteiger partial charge in [0.25, 0.3) is 11.8 Å². The lowest BCUT2D eigenvalue weighted by atomic mass is 10.1. The molecule has 0 aliphatic carbocycles. The maximum absolute atomic E-state index is 13.1. The number of carbonyl (C=O) groups is 2. The van der Waals surface area contributed by atoms with E-state index in [1.54, 1.807) is 6.07 Å². The van der Waals surface area contributed by atoms with Gasteiger partial charge in [-0.25, -0.2) is 8.42 Å². The monoisotopic (exact) mass is 483 g/mol. The standard InChI is InChI=1S/C23H25N5O5S/c1-14(2)21-26-23(33-27-21)18-9-4-6-15(3)20(18)25-22(30)16-7-5-8-17(12-16)34(31,32)28-11-10-24-19(29)13-28/h4-9,12,14H,10-11,13H2,1-3H3,(H,24,29)(H,25,30). The number of aromatic nitrogens is 2. The third-order valence-electron chi connectivity index (χ3n) is 5.44. The van der Waals surface area contributed by atoms with Gasteiger partial charge >= 0.3 is 0 Å². The summed E-state index contributed by atoms with van der Waals surface area (Å²) in [5.74, 6) is 0.0570. The quantitative estimate of drug-likeness (QED) is 0.550. The van der Waals surface area contributed by atoms with E-state index >= 15 is 0 Å². The van der Waals surface area contributed by atoms with E-state index in [2.05, 4.69) is 20.8 Å². The second kappa shape index (κ2) is 9.35. The fourth-order valence-electron chi connectivity index (χ4n) is 3.54. The highest BCUT2D eigenvalue weighted by Crippen LogP contribution is 2.31. The van der Waals surface area contributed by atoms with Crippen molar-refractivity contribution in [1.29, 1.82) is 0 Å². The van der Waals surface area contributed by atoms with E-state index in [4.69, 9.17) is 4.52 Å². The molecular formula is C23H25N5O5S. The Balaban J connectivity index is 1.62. The van der Waals surface area contributed by atoms with Crippen LogP contribution in [0.15, 0.2) is 51.9 Å². The smallest absolute Gasteiger partial charge is 0.260 e. The third kappa shape index (κ3) is 4.70. The minimum Gasteiger partial charge on any atom is -0.354 e. The van der Waals surface area contributed by atoms with Gasteiger partial charge in [0.05, 0.1) is 22.7 Å². The molecular weight excluding hydrogens is 458 g/mol. The molecule has 3 aromatic rings. The zero-order chi connectivity index (χ0) is 24.5. The molecule has 0 spiro atoms. The molecule has 178 valence electrons. The van der Waals surface area contributed by atoms with Gasteiger partial charge < -0.3 is 15.2 Å². The Hall–Kier alpha value is -3.57. The van der Waals surface area contributed by atoms with Crippen molar-refractivity contribution in [3.8, 4) is 11.5 Å². The number of piperazine rings is 1. The van der Waals surface area contributed by atoms with Crippen LogP contribution in [0.1, 0.15) is 41.5 Å². The summed E-state index contributed by atoms with van der Waals surface area (Å²) in [6.07, 6.45) is 0. The summed E-state index contributed by atoms with van der Waals surface area (Å²) in [5.41, 5.74) is 1.99. The molecule has 1 aliphatic rings. The van der Waals surface area contributed by atoms with Crippen LogP contribution in [-0.4, -0.2) is 54.3 Å². The average Bonchev–Trinajstić information content (AvgIpc) is 3.31. The highest BCUT2D eigenvalue weighted by molar-refractivity contribution is 7.89.